The first-order valence-corrected chi connectivity index (χ1v) is 14.8. The maximum atomic E-state index is 14.4. The van der Waals surface area contributed by atoms with E-state index in [0.29, 0.717) is 40.8 Å². The van der Waals surface area contributed by atoms with Gasteiger partial charge in [0, 0.05) is 48.7 Å². The van der Waals surface area contributed by atoms with Gasteiger partial charge in [-0.05, 0) is 47.9 Å². The first kappa shape index (κ1) is 28.5. The maximum absolute atomic E-state index is 14.4. The van der Waals surface area contributed by atoms with Crippen LogP contribution in [0.2, 0.25) is 0 Å². The fourth-order valence-corrected chi connectivity index (χ4v) is 6.07. The van der Waals surface area contributed by atoms with Crippen LogP contribution in [0.25, 0.3) is 16.5 Å². The number of nitrogens with one attached hydrogen (secondary N) is 2. The van der Waals surface area contributed by atoms with Crippen molar-refractivity contribution in [2.45, 2.75) is 32.0 Å². The molecule has 218 valence electrons. The molecule has 1 saturated heterocycles. The summed E-state index contributed by atoms with van der Waals surface area (Å²) in [6.45, 7) is 4.54. The fraction of sp³-hybridized carbons (Fsp3) is 0.222. The summed E-state index contributed by atoms with van der Waals surface area (Å²) in [5.74, 6) is -0.479. The molecule has 5 aromatic rings. The zero-order valence-corrected chi connectivity index (χ0v) is 24.2. The number of aromatic nitrogens is 1. The third kappa shape index (κ3) is 6.00. The molecule has 1 fully saturated rings. The molecular formula is C36H35FN4O2. The van der Waals surface area contributed by atoms with Gasteiger partial charge in [0.1, 0.15) is 5.82 Å². The molecule has 1 aliphatic rings. The number of rotatable bonds is 8. The van der Waals surface area contributed by atoms with Gasteiger partial charge in [0.2, 0.25) is 0 Å². The van der Waals surface area contributed by atoms with E-state index >= 15 is 0 Å². The van der Waals surface area contributed by atoms with E-state index in [-0.39, 0.29) is 29.4 Å². The van der Waals surface area contributed by atoms with Crippen LogP contribution < -0.4 is 16.2 Å². The van der Waals surface area contributed by atoms with Crippen LogP contribution in [0.4, 0.5) is 4.39 Å². The van der Waals surface area contributed by atoms with Crippen LogP contribution in [-0.4, -0.2) is 35.0 Å². The van der Waals surface area contributed by atoms with Crippen LogP contribution in [0.3, 0.4) is 0 Å². The number of halogens is 1. The predicted octanol–water partition coefficient (Wildman–Crippen LogP) is 6.16. The van der Waals surface area contributed by atoms with Gasteiger partial charge in [0.15, 0.2) is 0 Å². The third-order valence-corrected chi connectivity index (χ3v) is 8.25. The van der Waals surface area contributed by atoms with Crippen molar-refractivity contribution in [1.82, 2.24) is 20.1 Å². The molecule has 0 spiro atoms. The number of amides is 1. The topological polar surface area (TPSA) is 66.4 Å². The van der Waals surface area contributed by atoms with Crippen molar-refractivity contribution in [1.29, 1.82) is 0 Å². The van der Waals surface area contributed by atoms with Crippen LogP contribution in [0.15, 0.2) is 114 Å². The van der Waals surface area contributed by atoms with Crippen LogP contribution in [-0.2, 0) is 6.54 Å². The average molecular weight is 575 g/mol. The van der Waals surface area contributed by atoms with E-state index in [1.807, 2.05) is 78.9 Å². The number of hydrogen-bond donors (Lipinski definition) is 2. The summed E-state index contributed by atoms with van der Waals surface area (Å²) in [5.41, 5.74) is 3.73. The molecule has 7 heteroatoms. The van der Waals surface area contributed by atoms with Gasteiger partial charge in [-0.25, -0.2) is 4.39 Å². The second-order valence-electron chi connectivity index (χ2n) is 11.0. The van der Waals surface area contributed by atoms with Crippen LogP contribution in [0, 0.1) is 5.82 Å². The Morgan fingerprint density at radius 2 is 1.56 bits per heavy atom. The number of benzene rings is 4. The van der Waals surface area contributed by atoms with Crippen molar-refractivity contribution in [3.8, 4) is 5.69 Å². The van der Waals surface area contributed by atoms with Crippen molar-refractivity contribution in [2.24, 2.45) is 0 Å². The Balaban J connectivity index is 1.47. The van der Waals surface area contributed by atoms with E-state index in [9.17, 15) is 14.0 Å². The van der Waals surface area contributed by atoms with E-state index in [2.05, 4.69) is 22.5 Å². The Morgan fingerprint density at radius 3 is 2.26 bits per heavy atom. The van der Waals surface area contributed by atoms with E-state index in [4.69, 9.17) is 0 Å². The Labute approximate surface area is 250 Å². The highest BCUT2D eigenvalue weighted by molar-refractivity contribution is 6.08. The van der Waals surface area contributed by atoms with E-state index < -0.39 is 0 Å². The van der Waals surface area contributed by atoms with E-state index in [1.54, 1.807) is 22.8 Å². The molecule has 6 nitrogen and oxygen atoms in total. The summed E-state index contributed by atoms with van der Waals surface area (Å²) in [6, 6.07) is 33.2. The summed E-state index contributed by atoms with van der Waals surface area (Å²) >= 11 is 0. The van der Waals surface area contributed by atoms with Gasteiger partial charge >= 0.3 is 0 Å². The van der Waals surface area contributed by atoms with Crippen LogP contribution in [0.1, 0.15) is 52.6 Å². The molecule has 1 aliphatic heterocycles. The number of nitrogens with zero attached hydrogens (tertiary/aromatic N) is 2. The lowest BCUT2D eigenvalue weighted by molar-refractivity contribution is 0.0933. The summed E-state index contributed by atoms with van der Waals surface area (Å²) in [7, 11) is 0. The normalized spacial score (nSPS) is 16.2. The number of para-hydroxylation sites is 1. The van der Waals surface area contributed by atoms with Crippen molar-refractivity contribution in [3.63, 3.8) is 0 Å². The number of hydrogen-bond acceptors (Lipinski definition) is 4. The Hall–Kier alpha value is -4.59. The molecule has 1 amide bonds. The third-order valence-electron chi connectivity index (χ3n) is 8.25. The van der Waals surface area contributed by atoms with Crippen molar-refractivity contribution >= 4 is 16.7 Å². The molecule has 1 unspecified atom stereocenters. The fourth-order valence-electron chi connectivity index (χ4n) is 6.07. The molecular weight excluding hydrogens is 539 g/mol. The van der Waals surface area contributed by atoms with Gasteiger partial charge in [-0.2, -0.15) is 0 Å². The van der Waals surface area contributed by atoms with Gasteiger partial charge in [-0.1, -0.05) is 85.8 Å². The molecule has 43 heavy (non-hydrogen) atoms. The summed E-state index contributed by atoms with van der Waals surface area (Å²) < 4.78 is 15.3. The summed E-state index contributed by atoms with van der Waals surface area (Å²) in [4.78, 5) is 30.8. The number of carbonyl (C=O) groups excluding carboxylic acids is 1. The largest absolute Gasteiger partial charge is 0.345 e. The monoisotopic (exact) mass is 574 g/mol. The minimum atomic E-state index is -0.268. The molecule has 0 radical (unpaired) electrons. The highest BCUT2D eigenvalue weighted by Crippen LogP contribution is 2.27. The highest BCUT2D eigenvalue weighted by Gasteiger charge is 2.28. The number of piperazine rings is 1. The lowest BCUT2D eigenvalue weighted by Gasteiger charge is -2.35. The maximum Gasteiger partial charge on any atom is 0.263 e. The van der Waals surface area contributed by atoms with Gasteiger partial charge in [0.05, 0.1) is 17.3 Å². The van der Waals surface area contributed by atoms with Crippen LogP contribution >= 0.6 is 0 Å². The number of fused-ring (bicyclic) bond motifs is 1. The number of pyridine rings is 1. The first-order chi connectivity index (χ1) is 21.0. The smallest absolute Gasteiger partial charge is 0.263 e. The van der Waals surface area contributed by atoms with Gasteiger partial charge in [-0.15, -0.1) is 0 Å². The molecule has 0 bridgehead atoms. The van der Waals surface area contributed by atoms with Crippen molar-refractivity contribution < 1.29 is 9.18 Å². The highest BCUT2D eigenvalue weighted by atomic mass is 19.1. The molecule has 2 heterocycles. The lowest BCUT2D eigenvalue weighted by atomic mass is 9.99. The molecule has 6 rings (SSSR count). The molecule has 1 aromatic heterocycles. The van der Waals surface area contributed by atoms with Gasteiger partial charge < -0.3 is 10.6 Å². The summed E-state index contributed by atoms with van der Waals surface area (Å²) in [6.07, 6.45) is 0.721. The number of carbonyl (C=O) groups is 1. The lowest BCUT2D eigenvalue weighted by Crippen LogP contribution is -2.46. The molecule has 4 aromatic carbocycles. The zero-order valence-electron chi connectivity index (χ0n) is 24.2. The molecule has 0 saturated carbocycles. The Morgan fingerprint density at radius 1 is 0.907 bits per heavy atom. The predicted molar refractivity (Wildman–Crippen MR) is 169 cm³/mol. The summed E-state index contributed by atoms with van der Waals surface area (Å²) in [5, 5.41) is 7.96. The van der Waals surface area contributed by atoms with Crippen LogP contribution in [0.5, 0.6) is 0 Å². The van der Waals surface area contributed by atoms with Gasteiger partial charge in [-0.3, -0.25) is 19.1 Å². The second kappa shape index (κ2) is 12.7. The second-order valence-corrected chi connectivity index (χ2v) is 11.0. The average Bonchev–Trinajstić information content (AvgIpc) is 3.05. The van der Waals surface area contributed by atoms with Crippen molar-refractivity contribution in [2.75, 3.05) is 19.6 Å². The zero-order chi connectivity index (χ0) is 29.8. The Bertz CT molecular complexity index is 1770. The van der Waals surface area contributed by atoms with Crippen molar-refractivity contribution in [3.05, 3.63) is 148 Å². The standard InChI is InChI=1S/C36H35FN4O2/c1-2-31(25-11-5-3-6-12-25)39-35(42)34-29-15-9-10-16-30(29)36(43)41(28-13-7-4-8-14-28)33(34)24-40-22-21-38-32(23-40)26-17-19-27(37)20-18-26/h3-20,31-32,38H,2,21-24H2,1H3,(H,39,42)/t31-,32?/m0/s1. The minimum absolute atomic E-state index is 0.00784. The Kier molecular flexibility index (Phi) is 8.45. The molecule has 2 atom stereocenters. The first-order valence-electron chi connectivity index (χ1n) is 14.8. The molecule has 2 N–H and O–H groups in total. The van der Waals surface area contributed by atoms with E-state index in [0.717, 1.165) is 30.6 Å². The minimum Gasteiger partial charge on any atom is -0.345 e. The van der Waals surface area contributed by atoms with Gasteiger partial charge in [0.25, 0.3) is 11.5 Å². The quantitative estimate of drug-likeness (QED) is 0.233. The molecule has 0 aliphatic carbocycles. The van der Waals surface area contributed by atoms with E-state index in [1.165, 1.54) is 12.1 Å². The SMILES string of the molecule is CC[C@H](NC(=O)c1c(CN2CCNC(c3ccc(F)cc3)C2)n(-c2ccccc2)c(=O)c2ccccc12)c1ccccc1.